The van der Waals surface area contributed by atoms with Gasteiger partial charge in [-0.3, -0.25) is 4.79 Å². The summed E-state index contributed by atoms with van der Waals surface area (Å²) < 4.78 is 0. The standard InChI is InChI=1S/C16H22N2O/c1-12-7-8-14(16(2,3)4)10-13(12)11-18-15(19)6-5-9-17/h7-8,10H,5-6,11H2,1-4H3,(H,18,19). The number of carbonyl (C=O) groups excluding carboxylic acids is 1. The molecule has 0 saturated carbocycles. The third-order valence-electron chi connectivity index (χ3n) is 3.16. The molecule has 0 aromatic heterocycles. The first-order chi connectivity index (χ1) is 8.84. The molecule has 19 heavy (non-hydrogen) atoms. The average Bonchev–Trinajstić information content (AvgIpc) is 2.33. The first kappa shape index (κ1) is 15.2. The predicted molar refractivity (Wildman–Crippen MR) is 76.6 cm³/mol. The van der Waals surface area contributed by atoms with Crippen LogP contribution in [0.4, 0.5) is 0 Å². The molecule has 102 valence electrons. The van der Waals surface area contributed by atoms with E-state index in [1.165, 1.54) is 11.1 Å². The molecular formula is C16H22N2O. The van der Waals surface area contributed by atoms with Crippen molar-refractivity contribution in [2.24, 2.45) is 0 Å². The number of benzene rings is 1. The van der Waals surface area contributed by atoms with Crippen molar-refractivity contribution in [3.05, 3.63) is 34.9 Å². The summed E-state index contributed by atoms with van der Waals surface area (Å²) in [5, 5.41) is 11.3. The number of hydrogen-bond acceptors (Lipinski definition) is 2. The van der Waals surface area contributed by atoms with Crippen LogP contribution in [0.3, 0.4) is 0 Å². The van der Waals surface area contributed by atoms with Gasteiger partial charge in [0.05, 0.1) is 6.07 Å². The number of amides is 1. The number of nitrogens with zero attached hydrogens (tertiary/aromatic N) is 1. The van der Waals surface area contributed by atoms with Crippen molar-refractivity contribution < 1.29 is 4.79 Å². The highest BCUT2D eigenvalue weighted by Gasteiger charge is 2.14. The van der Waals surface area contributed by atoms with Crippen molar-refractivity contribution in [1.29, 1.82) is 5.26 Å². The molecule has 0 unspecified atom stereocenters. The van der Waals surface area contributed by atoms with E-state index in [9.17, 15) is 4.79 Å². The maximum absolute atomic E-state index is 11.5. The van der Waals surface area contributed by atoms with Gasteiger partial charge in [0.2, 0.25) is 5.91 Å². The molecule has 0 aliphatic heterocycles. The molecule has 0 fully saturated rings. The van der Waals surface area contributed by atoms with E-state index in [2.05, 4.69) is 44.3 Å². The highest BCUT2D eigenvalue weighted by Crippen LogP contribution is 2.24. The van der Waals surface area contributed by atoms with Gasteiger partial charge in [-0.05, 0) is 29.0 Å². The van der Waals surface area contributed by atoms with Gasteiger partial charge >= 0.3 is 0 Å². The maximum Gasteiger partial charge on any atom is 0.221 e. The summed E-state index contributed by atoms with van der Waals surface area (Å²) in [4.78, 5) is 11.5. The van der Waals surface area contributed by atoms with Crippen LogP contribution < -0.4 is 5.32 Å². The molecule has 1 rings (SSSR count). The van der Waals surface area contributed by atoms with Gasteiger partial charge in [-0.1, -0.05) is 39.0 Å². The van der Waals surface area contributed by atoms with Crippen LogP contribution in [0.2, 0.25) is 0 Å². The van der Waals surface area contributed by atoms with Crippen LogP contribution in [0.25, 0.3) is 0 Å². The van der Waals surface area contributed by atoms with Crippen LogP contribution in [0.1, 0.15) is 50.3 Å². The molecule has 0 spiro atoms. The Morgan fingerprint density at radius 3 is 2.63 bits per heavy atom. The predicted octanol–water partition coefficient (Wildman–Crippen LogP) is 3.21. The largest absolute Gasteiger partial charge is 0.352 e. The van der Waals surface area contributed by atoms with Crippen molar-refractivity contribution in [2.75, 3.05) is 0 Å². The van der Waals surface area contributed by atoms with Crippen molar-refractivity contribution in [2.45, 2.75) is 52.5 Å². The van der Waals surface area contributed by atoms with Crippen LogP contribution in [-0.2, 0) is 16.8 Å². The highest BCUT2D eigenvalue weighted by atomic mass is 16.1. The Morgan fingerprint density at radius 1 is 1.37 bits per heavy atom. The lowest BCUT2D eigenvalue weighted by Gasteiger charge is -2.21. The van der Waals surface area contributed by atoms with Crippen LogP contribution in [-0.4, -0.2) is 5.91 Å². The third-order valence-corrected chi connectivity index (χ3v) is 3.16. The van der Waals surface area contributed by atoms with E-state index < -0.39 is 0 Å². The molecule has 1 aromatic carbocycles. The zero-order valence-electron chi connectivity index (χ0n) is 12.2. The Bertz CT molecular complexity index is 492. The maximum atomic E-state index is 11.5. The molecule has 3 nitrogen and oxygen atoms in total. The second-order valence-corrected chi connectivity index (χ2v) is 5.83. The van der Waals surface area contributed by atoms with Crippen LogP contribution >= 0.6 is 0 Å². The molecule has 3 heteroatoms. The molecule has 0 heterocycles. The van der Waals surface area contributed by atoms with Crippen molar-refractivity contribution in [3.8, 4) is 6.07 Å². The fraction of sp³-hybridized carbons (Fsp3) is 0.500. The van der Waals surface area contributed by atoms with E-state index in [4.69, 9.17) is 5.26 Å². The van der Waals surface area contributed by atoms with E-state index in [0.717, 1.165) is 5.56 Å². The topological polar surface area (TPSA) is 52.9 Å². The molecule has 0 aliphatic carbocycles. The van der Waals surface area contributed by atoms with Crippen molar-refractivity contribution in [3.63, 3.8) is 0 Å². The number of aryl methyl sites for hydroxylation is 1. The number of hydrogen-bond donors (Lipinski definition) is 1. The highest BCUT2D eigenvalue weighted by molar-refractivity contribution is 5.76. The summed E-state index contributed by atoms with van der Waals surface area (Å²) in [5.41, 5.74) is 3.68. The minimum atomic E-state index is -0.0675. The van der Waals surface area contributed by atoms with Gasteiger partial charge in [0, 0.05) is 19.4 Å². The Morgan fingerprint density at radius 2 is 2.05 bits per heavy atom. The number of nitrogens with one attached hydrogen (secondary N) is 1. The monoisotopic (exact) mass is 258 g/mol. The summed E-state index contributed by atoms with van der Waals surface area (Å²) in [6.07, 6.45) is 0.543. The zero-order valence-corrected chi connectivity index (χ0v) is 12.2. The minimum absolute atomic E-state index is 0.0675. The van der Waals surface area contributed by atoms with Gasteiger partial charge < -0.3 is 5.32 Å². The first-order valence-corrected chi connectivity index (χ1v) is 6.58. The second-order valence-electron chi connectivity index (χ2n) is 5.83. The quantitative estimate of drug-likeness (QED) is 0.901. The van der Waals surface area contributed by atoms with Gasteiger partial charge in [-0.15, -0.1) is 0 Å². The summed E-state index contributed by atoms with van der Waals surface area (Å²) in [6.45, 7) is 9.09. The van der Waals surface area contributed by atoms with Gasteiger partial charge in [-0.2, -0.15) is 5.26 Å². The van der Waals surface area contributed by atoms with E-state index >= 15 is 0 Å². The molecule has 0 atom stereocenters. The van der Waals surface area contributed by atoms with Gasteiger partial charge in [0.15, 0.2) is 0 Å². The van der Waals surface area contributed by atoms with E-state index in [1.807, 2.05) is 13.0 Å². The van der Waals surface area contributed by atoms with Gasteiger partial charge in [0.25, 0.3) is 0 Å². The SMILES string of the molecule is Cc1ccc(C(C)(C)C)cc1CNC(=O)CCC#N. The third kappa shape index (κ3) is 4.75. The molecule has 1 N–H and O–H groups in total. The first-order valence-electron chi connectivity index (χ1n) is 6.58. The lowest BCUT2D eigenvalue weighted by atomic mass is 9.85. The fourth-order valence-electron chi connectivity index (χ4n) is 1.78. The minimum Gasteiger partial charge on any atom is -0.352 e. The lowest BCUT2D eigenvalue weighted by molar-refractivity contribution is -0.121. The molecule has 0 aliphatic rings. The van der Waals surface area contributed by atoms with E-state index in [1.54, 1.807) is 0 Å². The normalized spacial score (nSPS) is 10.9. The number of nitriles is 1. The Labute approximate surface area is 115 Å². The lowest BCUT2D eigenvalue weighted by Crippen LogP contribution is -2.23. The average molecular weight is 258 g/mol. The van der Waals surface area contributed by atoms with Gasteiger partial charge in [-0.25, -0.2) is 0 Å². The summed E-state index contributed by atoms with van der Waals surface area (Å²) in [7, 11) is 0. The van der Waals surface area contributed by atoms with Gasteiger partial charge in [0.1, 0.15) is 0 Å². The van der Waals surface area contributed by atoms with Crippen molar-refractivity contribution >= 4 is 5.91 Å². The summed E-state index contributed by atoms with van der Waals surface area (Å²) in [6, 6.07) is 8.36. The Balaban J connectivity index is 2.73. The molecule has 1 aromatic rings. The fourth-order valence-corrected chi connectivity index (χ4v) is 1.78. The summed E-state index contributed by atoms with van der Waals surface area (Å²) >= 11 is 0. The molecular weight excluding hydrogens is 236 g/mol. The van der Waals surface area contributed by atoms with Crippen LogP contribution in [0.5, 0.6) is 0 Å². The molecule has 0 saturated heterocycles. The number of rotatable bonds is 4. The smallest absolute Gasteiger partial charge is 0.221 e. The van der Waals surface area contributed by atoms with Crippen LogP contribution in [0.15, 0.2) is 18.2 Å². The Kier molecular flexibility index (Phi) is 5.11. The molecule has 0 radical (unpaired) electrons. The zero-order chi connectivity index (χ0) is 14.5. The number of carbonyl (C=O) groups is 1. The van der Waals surface area contributed by atoms with E-state index in [-0.39, 0.29) is 24.2 Å². The van der Waals surface area contributed by atoms with E-state index in [0.29, 0.717) is 6.54 Å². The molecule has 0 bridgehead atoms. The Hall–Kier alpha value is -1.82. The second kappa shape index (κ2) is 6.38. The summed E-state index contributed by atoms with van der Waals surface area (Å²) in [5.74, 6) is -0.0675. The van der Waals surface area contributed by atoms with Crippen LogP contribution in [0, 0.1) is 18.3 Å². The molecule has 1 amide bonds. The van der Waals surface area contributed by atoms with Crippen molar-refractivity contribution in [1.82, 2.24) is 5.32 Å².